The van der Waals surface area contributed by atoms with Crippen LogP contribution in [0, 0.1) is 0 Å². The number of ketones is 1. The molecular weight excluding hydrogens is 168 g/mol. The van der Waals surface area contributed by atoms with Crippen molar-refractivity contribution in [1.29, 1.82) is 0 Å². The average Bonchev–Trinajstić information content (AvgIpc) is 2.43. The molecule has 0 saturated carbocycles. The number of oxazole rings is 1. The summed E-state index contributed by atoms with van der Waals surface area (Å²) in [4.78, 5) is 15.1. The van der Waals surface area contributed by atoms with Crippen LogP contribution < -0.4 is 5.73 Å². The highest BCUT2D eigenvalue weighted by atomic mass is 16.4. The molecule has 0 radical (unpaired) electrons. The van der Waals surface area contributed by atoms with E-state index in [2.05, 4.69) is 4.98 Å². The number of fused-ring (bicyclic) bond motifs is 1. The van der Waals surface area contributed by atoms with Crippen LogP contribution in [-0.4, -0.2) is 10.8 Å². The zero-order valence-corrected chi connectivity index (χ0v) is 7.07. The van der Waals surface area contributed by atoms with Crippen LogP contribution in [0.5, 0.6) is 0 Å². The van der Waals surface area contributed by atoms with E-state index < -0.39 is 0 Å². The lowest BCUT2D eigenvalue weighted by molar-refractivity contribution is 0.101. The molecule has 2 N–H and O–H groups in total. The SMILES string of the molecule is CC(=O)c1cccc2nc(N)oc12. The van der Waals surface area contributed by atoms with Crippen molar-refractivity contribution in [2.45, 2.75) is 6.92 Å². The molecular formula is C9H8N2O2. The number of carbonyl (C=O) groups is 1. The van der Waals surface area contributed by atoms with E-state index in [4.69, 9.17) is 10.2 Å². The Hall–Kier alpha value is -1.84. The number of rotatable bonds is 1. The van der Waals surface area contributed by atoms with Gasteiger partial charge in [0.1, 0.15) is 5.52 Å². The van der Waals surface area contributed by atoms with Gasteiger partial charge in [-0.25, -0.2) is 0 Å². The first-order valence-electron chi connectivity index (χ1n) is 3.84. The maximum Gasteiger partial charge on any atom is 0.293 e. The molecule has 0 spiro atoms. The van der Waals surface area contributed by atoms with E-state index in [1.54, 1.807) is 18.2 Å². The fourth-order valence-corrected chi connectivity index (χ4v) is 1.24. The summed E-state index contributed by atoms with van der Waals surface area (Å²) in [6.07, 6.45) is 0. The van der Waals surface area contributed by atoms with Gasteiger partial charge in [0.15, 0.2) is 11.4 Å². The Balaban J connectivity index is 2.82. The smallest absolute Gasteiger partial charge is 0.293 e. The number of nitrogens with two attached hydrogens (primary N) is 1. The Bertz CT molecular complexity index is 473. The normalized spacial score (nSPS) is 10.5. The topological polar surface area (TPSA) is 69.1 Å². The molecule has 1 aromatic carbocycles. The number of hydrogen-bond donors (Lipinski definition) is 1. The van der Waals surface area contributed by atoms with Crippen LogP contribution in [0.2, 0.25) is 0 Å². The molecule has 0 unspecified atom stereocenters. The molecule has 66 valence electrons. The van der Waals surface area contributed by atoms with Crippen molar-refractivity contribution in [1.82, 2.24) is 4.98 Å². The van der Waals surface area contributed by atoms with Crippen LogP contribution in [0.25, 0.3) is 11.1 Å². The minimum atomic E-state index is -0.0539. The molecule has 0 bridgehead atoms. The van der Waals surface area contributed by atoms with E-state index in [9.17, 15) is 4.79 Å². The number of benzene rings is 1. The van der Waals surface area contributed by atoms with Gasteiger partial charge in [0.25, 0.3) is 6.01 Å². The quantitative estimate of drug-likeness (QED) is 0.670. The van der Waals surface area contributed by atoms with E-state index in [1.807, 2.05) is 0 Å². The highest BCUT2D eigenvalue weighted by molar-refractivity contribution is 6.04. The van der Waals surface area contributed by atoms with Crippen molar-refractivity contribution in [2.75, 3.05) is 5.73 Å². The summed E-state index contributed by atoms with van der Waals surface area (Å²) < 4.78 is 5.11. The molecule has 4 nitrogen and oxygen atoms in total. The van der Waals surface area contributed by atoms with Gasteiger partial charge < -0.3 is 10.2 Å². The largest absolute Gasteiger partial charge is 0.423 e. The lowest BCUT2D eigenvalue weighted by atomic mass is 10.1. The first-order chi connectivity index (χ1) is 6.18. The van der Waals surface area contributed by atoms with Gasteiger partial charge in [-0.1, -0.05) is 6.07 Å². The van der Waals surface area contributed by atoms with E-state index in [-0.39, 0.29) is 11.8 Å². The van der Waals surface area contributed by atoms with Gasteiger partial charge in [-0.15, -0.1) is 0 Å². The van der Waals surface area contributed by atoms with Crippen LogP contribution in [0.1, 0.15) is 17.3 Å². The zero-order valence-electron chi connectivity index (χ0n) is 7.07. The predicted octanol–water partition coefficient (Wildman–Crippen LogP) is 1.61. The standard InChI is InChI=1S/C9H8N2O2/c1-5(12)6-3-2-4-7-8(6)13-9(10)11-7/h2-4H,1H3,(H2,10,11). The third-order valence-corrected chi connectivity index (χ3v) is 1.81. The summed E-state index contributed by atoms with van der Waals surface area (Å²) in [5, 5.41) is 0. The Morgan fingerprint density at radius 1 is 1.54 bits per heavy atom. The van der Waals surface area contributed by atoms with Crippen LogP contribution in [0.3, 0.4) is 0 Å². The Morgan fingerprint density at radius 2 is 2.31 bits per heavy atom. The molecule has 0 aliphatic carbocycles. The highest BCUT2D eigenvalue weighted by Crippen LogP contribution is 2.21. The summed E-state index contributed by atoms with van der Waals surface area (Å²) in [5.74, 6) is -0.0539. The second kappa shape index (κ2) is 2.58. The fraction of sp³-hybridized carbons (Fsp3) is 0.111. The molecule has 0 fully saturated rings. The van der Waals surface area contributed by atoms with Crippen molar-refractivity contribution in [2.24, 2.45) is 0 Å². The van der Waals surface area contributed by atoms with Gasteiger partial charge in [-0.2, -0.15) is 4.98 Å². The van der Waals surface area contributed by atoms with Crippen molar-refractivity contribution < 1.29 is 9.21 Å². The van der Waals surface area contributed by atoms with Crippen molar-refractivity contribution in [3.8, 4) is 0 Å². The molecule has 0 aliphatic heterocycles. The molecule has 0 aliphatic rings. The summed E-state index contributed by atoms with van der Waals surface area (Å²) in [5.41, 5.74) is 6.97. The Labute approximate surface area is 74.4 Å². The second-order valence-electron chi connectivity index (χ2n) is 2.76. The maximum absolute atomic E-state index is 11.1. The second-order valence-corrected chi connectivity index (χ2v) is 2.76. The molecule has 2 aromatic rings. The molecule has 0 saturated heterocycles. The fourth-order valence-electron chi connectivity index (χ4n) is 1.24. The minimum absolute atomic E-state index is 0.0539. The van der Waals surface area contributed by atoms with E-state index >= 15 is 0 Å². The van der Waals surface area contributed by atoms with E-state index in [1.165, 1.54) is 6.92 Å². The number of Topliss-reactive ketones (excluding diaryl/α,β-unsaturated/α-hetero) is 1. The Morgan fingerprint density at radius 3 is 3.00 bits per heavy atom. The molecule has 4 heteroatoms. The number of nitrogens with zero attached hydrogens (tertiary/aromatic N) is 1. The van der Waals surface area contributed by atoms with E-state index in [0.717, 1.165) is 0 Å². The Kier molecular flexibility index (Phi) is 1.55. The lowest BCUT2D eigenvalue weighted by Crippen LogP contribution is -1.91. The van der Waals surface area contributed by atoms with Gasteiger partial charge in [0.2, 0.25) is 0 Å². The zero-order chi connectivity index (χ0) is 9.42. The maximum atomic E-state index is 11.1. The first-order valence-corrected chi connectivity index (χ1v) is 3.84. The van der Waals surface area contributed by atoms with Gasteiger partial charge in [0.05, 0.1) is 5.56 Å². The number of aromatic nitrogens is 1. The van der Waals surface area contributed by atoms with Crippen LogP contribution in [0.15, 0.2) is 22.6 Å². The van der Waals surface area contributed by atoms with Crippen molar-refractivity contribution >= 4 is 22.9 Å². The molecule has 1 aromatic heterocycles. The van der Waals surface area contributed by atoms with E-state index in [0.29, 0.717) is 16.7 Å². The lowest BCUT2D eigenvalue weighted by Gasteiger charge is -1.93. The summed E-state index contributed by atoms with van der Waals surface area (Å²) in [6.45, 7) is 1.48. The number of nitrogen functional groups attached to an aromatic ring is 1. The summed E-state index contributed by atoms with van der Waals surface area (Å²) in [6, 6.07) is 5.28. The number of para-hydroxylation sites is 1. The third-order valence-electron chi connectivity index (χ3n) is 1.81. The highest BCUT2D eigenvalue weighted by Gasteiger charge is 2.10. The molecule has 13 heavy (non-hydrogen) atoms. The third kappa shape index (κ3) is 1.16. The monoisotopic (exact) mass is 176 g/mol. The van der Waals surface area contributed by atoms with Crippen molar-refractivity contribution in [3.05, 3.63) is 23.8 Å². The minimum Gasteiger partial charge on any atom is -0.423 e. The number of hydrogen-bond acceptors (Lipinski definition) is 4. The summed E-state index contributed by atoms with van der Waals surface area (Å²) in [7, 11) is 0. The number of carbonyl (C=O) groups excluding carboxylic acids is 1. The predicted molar refractivity (Wildman–Crippen MR) is 48.4 cm³/mol. The van der Waals surface area contributed by atoms with Crippen molar-refractivity contribution in [3.63, 3.8) is 0 Å². The van der Waals surface area contributed by atoms with Gasteiger partial charge >= 0.3 is 0 Å². The van der Waals surface area contributed by atoms with Gasteiger partial charge in [-0.3, -0.25) is 4.79 Å². The molecule has 1 heterocycles. The number of anilines is 1. The van der Waals surface area contributed by atoms with Crippen LogP contribution >= 0.6 is 0 Å². The molecule has 2 rings (SSSR count). The summed E-state index contributed by atoms with van der Waals surface area (Å²) >= 11 is 0. The average molecular weight is 176 g/mol. The van der Waals surface area contributed by atoms with Gasteiger partial charge in [0, 0.05) is 0 Å². The van der Waals surface area contributed by atoms with Crippen LogP contribution in [0.4, 0.5) is 6.01 Å². The van der Waals surface area contributed by atoms with Crippen LogP contribution in [-0.2, 0) is 0 Å². The molecule has 0 atom stereocenters. The van der Waals surface area contributed by atoms with Gasteiger partial charge in [-0.05, 0) is 19.1 Å². The first kappa shape index (κ1) is 7.79. The molecule has 0 amide bonds.